The minimum absolute atomic E-state index is 0.0245. The van der Waals surface area contributed by atoms with Crippen molar-refractivity contribution in [3.63, 3.8) is 0 Å². The number of hydrogen-bond donors (Lipinski definition) is 1. The first-order valence-electron chi connectivity index (χ1n) is 6.66. The van der Waals surface area contributed by atoms with Crippen LogP contribution >= 0.6 is 0 Å². The molecule has 0 fully saturated rings. The highest BCUT2D eigenvalue weighted by molar-refractivity contribution is 7.92. The van der Waals surface area contributed by atoms with Crippen LogP contribution in [0.5, 0.6) is 0 Å². The SMILES string of the molecule is COC(=O)c1ccc(S(=O)(=O)Nc2ccccc2C(C)=O)cc1. The molecule has 0 unspecified atom stereocenters. The Morgan fingerprint density at radius 3 is 2.17 bits per heavy atom. The zero-order valence-corrected chi connectivity index (χ0v) is 13.4. The van der Waals surface area contributed by atoms with Crippen LogP contribution in [0.3, 0.4) is 0 Å². The van der Waals surface area contributed by atoms with Gasteiger partial charge in [0, 0.05) is 5.56 Å². The minimum atomic E-state index is -3.87. The number of esters is 1. The average Bonchev–Trinajstić information content (AvgIpc) is 2.54. The van der Waals surface area contributed by atoms with Crippen LogP contribution in [0.1, 0.15) is 27.6 Å². The Hall–Kier alpha value is -2.67. The summed E-state index contributed by atoms with van der Waals surface area (Å²) in [6, 6.07) is 11.6. The number of rotatable bonds is 5. The third kappa shape index (κ3) is 3.75. The van der Waals surface area contributed by atoms with Crippen molar-refractivity contribution in [2.75, 3.05) is 11.8 Å². The zero-order chi connectivity index (χ0) is 17.0. The fraction of sp³-hybridized carbons (Fsp3) is 0.125. The summed E-state index contributed by atoms with van der Waals surface area (Å²) in [7, 11) is -2.63. The number of benzene rings is 2. The molecule has 0 aliphatic carbocycles. The molecular weight excluding hydrogens is 318 g/mol. The molecule has 0 heterocycles. The Morgan fingerprint density at radius 2 is 1.61 bits per heavy atom. The van der Waals surface area contributed by atoms with Gasteiger partial charge in [0.2, 0.25) is 0 Å². The Kier molecular flexibility index (Phi) is 4.80. The number of ketones is 1. The van der Waals surface area contributed by atoms with Crippen LogP contribution in [0.25, 0.3) is 0 Å². The van der Waals surface area contributed by atoms with Gasteiger partial charge in [-0.1, -0.05) is 12.1 Å². The van der Waals surface area contributed by atoms with E-state index in [9.17, 15) is 18.0 Å². The van der Waals surface area contributed by atoms with E-state index in [4.69, 9.17) is 0 Å². The number of ether oxygens (including phenoxy) is 1. The zero-order valence-electron chi connectivity index (χ0n) is 12.6. The molecule has 23 heavy (non-hydrogen) atoms. The van der Waals surface area contributed by atoms with Gasteiger partial charge < -0.3 is 4.74 Å². The van der Waals surface area contributed by atoms with E-state index in [0.29, 0.717) is 0 Å². The van der Waals surface area contributed by atoms with Gasteiger partial charge in [0.05, 0.1) is 23.3 Å². The average molecular weight is 333 g/mol. The quantitative estimate of drug-likeness (QED) is 0.670. The normalized spacial score (nSPS) is 10.9. The molecule has 0 radical (unpaired) electrons. The topological polar surface area (TPSA) is 89.5 Å². The predicted octanol–water partition coefficient (Wildman–Crippen LogP) is 2.48. The monoisotopic (exact) mass is 333 g/mol. The van der Waals surface area contributed by atoms with Crippen molar-refractivity contribution >= 4 is 27.5 Å². The van der Waals surface area contributed by atoms with Gasteiger partial charge in [-0.25, -0.2) is 13.2 Å². The molecular formula is C16H15NO5S. The van der Waals surface area contributed by atoms with E-state index in [1.54, 1.807) is 18.2 Å². The lowest BCUT2D eigenvalue weighted by Gasteiger charge is -2.11. The molecule has 6 nitrogen and oxygen atoms in total. The van der Waals surface area contributed by atoms with E-state index in [-0.39, 0.29) is 27.5 Å². The van der Waals surface area contributed by atoms with E-state index in [0.717, 1.165) is 0 Å². The lowest BCUT2D eigenvalue weighted by atomic mass is 10.1. The Balaban J connectivity index is 2.33. The molecule has 0 saturated heterocycles. The number of sulfonamides is 1. The summed E-state index contributed by atoms with van der Waals surface area (Å²) in [5.41, 5.74) is 0.731. The molecule has 0 spiro atoms. The van der Waals surface area contributed by atoms with Crippen molar-refractivity contribution in [1.82, 2.24) is 0 Å². The third-order valence-electron chi connectivity index (χ3n) is 3.14. The maximum Gasteiger partial charge on any atom is 0.337 e. The summed E-state index contributed by atoms with van der Waals surface area (Å²) >= 11 is 0. The van der Waals surface area contributed by atoms with Crippen LogP contribution in [-0.2, 0) is 14.8 Å². The number of para-hydroxylation sites is 1. The molecule has 2 aromatic carbocycles. The van der Waals surface area contributed by atoms with Crippen LogP contribution in [0.4, 0.5) is 5.69 Å². The van der Waals surface area contributed by atoms with E-state index >= 15 is 0 Å². The van der Waals surface area contributed by atoms with Crippen molar-refractivity contribution in [3.05, 3.63) is 59.7 Å². The summed E-state index contributed by atoms with van der Waals surface area (Å²) < 4.78 is 31.7. The standard InChI is InChI=1S/C16H15NO5S/c1-11(18)14-5-3-4-6-15(14)17-23(20,21)13-9-7-12(8-10-13)16(19)22-2/h3-10,17H,1-2H3. The maximum absolute atomic E-state index is 12.4. The molecule has 120 valence electrons. The van der Waals surface area contributed by atoms with Crippen LogP contribution in [0.2, 0.25) is 0 Å². The Bertz CT molecular complexity index is 841. The van der Waals surface area contributed by atoms with Gasteiger partial charge >= 0.3 is 5.97 Å². The lowest BCUT2D eigenvalue weighted by Crippen LogP contribution is -2.15. The number of carbonyl (C=O) groups excluding carboxylic acids is 2. The minimum Gasteiger partial charge on any atom is -0.465 e. The number of hydrogen-bond acceptors (Lipinski definition) is 5. The molecule has 0 aliphatic heterocycles. The predicted molar refractivity (Wildman–Crippen MR) is 85.0 cm³/mol. The molecule has 2 aromatic rings. The van der Waals surface area contributed by atoms with E-state index in [1.165, 1.54) is 44.4 Å². The Morgan fingerprint density at radius 1 is 1.00 bits per heavy atom. The second kappa shape index (κ2) is 6.62. The molecule has 0 atom stereocenters. The van der Waals surface area contributed by atoms with Gasteiger partial charge in [0.1, 0.15) is 0 Å². The summed E-state index contributed by atoms with van der Waals surface area (Å²) in [4.78, 5) is 22.9. The van der Waals surface area contributed by atoms with E-state index in [2.05, 4.69) is 9.46 Å². The number of methoxy groups -OCH3 is 1. The molecule has 2 rings (SSSR count). The fourth-order valence-corrected chi connectivity index (χ4v) is 3.05. The van der Waals surface area contributed by atoms with Gasteiger partial charge in [-0.15, -0.1) is 0 Å². The highest BCUT2D eigenvalue weighted by Crippen LogP contribution is 2.21. The fourth-order valence-electron chi connectivity index (χ4n) is 1.97. The van der Waals surface area contributed by atoms with Gasteiger partial charge in [0.25, 0.3) is 10.0 Å². The van der Waals surface area contributed by atoms with Crippen molar-refractivity contribution in [2.24, 2.45) is 0 Å². The number of Topliss-reactive ketones (excluding diaryl/α,β-unsaturated/α-hetero) is 1. The second-order valence-corrected chi connectivity index (χ2v) is 6.41. The highest BCUT2D eigenvalue weighted by atomic mass is 32.2. The second-order valence-electron chi connectivity index (χ2n) is 4.72. The lowest BCUT2D eigenvalue weighted by molar-refractivity contribution is 0.0600. The van der Waals surface area contributed by atoms with Crippen LogP contribution in [-0.4, -0.2) is 27.3 Å². The van der Waals surface area contributed by atoms with Gasteiger partial charge in [-0.2, -0.15) is 0 Å². The molecule has 0 saturated carbocycles. The largest absolute Gasteiger partial charge is 0.465 e. The number of nitrogens with one attached hydrogen (secondary N) is 1. The summed E-state index contributed by atoms with van der Waals surface area (Å²) in [5.74, 6) is -0.798. The van der Waals surface area contributed by atoms with Crippen molar-refractivity contribution < 1.29 is 22.7 Å². The summed E-state index contributed by atoms with van der Waals surface area (Å²) in [6.07, 6.45) is 0. The molecule has 1 N–H and O–H groups in total. The van der Waals surface area contributed by atoms with Crippen molar-refractivity contribution in [2.45, 2.75) is 11.8 Å². The number of anilines is 1. The summed E-state index contributed by atoms with van der Waals surface area (Å²) in [6.45, 7) is 1.36. The van der Waals surface area contributed by atoms with Gasteiger partial charge in [-0.05, 0) is 43.3 Å². The van der Waals surface area contributed by atoms with E-state index < -0.39 is 16.0 Å². The highest BCUT2D eigenvalue weighted by Gasteiger charge is 2.18. The van der Waals surface area contributed by atoms with Crippen LogP contribution in [0, 0.1) is 0 Å². The Labute approximate surface area is 134 Å². The van der Waals surface area contributed by atoms with Crippen molar-refractivity contribution in [1.29, 1.82) is 0 Å². The van der Waals surface area contributed by atoms with E-state index in [1.807, 2.05) is 0 Å². The first kappa shape index (κ1) is 16.7. The summed E-state index contributed by atoms with van der Waals surface area (Å²) in [5, 5.41) is 0. The van der Waals surface area contributed by atoms with Crippen molar-refractivity contribution in [3.8, 4) is 0 Å². The first-order valence-corrected chi connectivity index (χ1v) is 8.14. The first-order chi connectivity index (χ1) is 10.8. The molecule has 0 amide bonds. The van der Waals surface area contributed by atoms with Gasteiger partial charge in [-0.3, -0.25) is 9.52 Å². The molecule has 0 bridgehead atoms. The molecule has 7 heteroatoms. The maximum atomic E-state index is 12.4. The number of carbonyl (C=O) groups is 2. The molecule has 0 aliphatic rings. The molecule has 0 aromatic heterocycles. The van der Waals surface area contributed by atoms with Crippen LogP contribution < -0.4 is 4.72 Å². The van der Waals surface area contributed by atoms with Gasteiger partial charge in [0.15, 0.2) is 5.78 Å². The third-order valence-corrected chi connectivity index (χ3v) is 4.52. The van der Waals surface area contributed by atoms with Crippen LogP contribution in [0.15, 0.2) is 53.4 Å². The smallest absolute Gasteiger partial charge is 0.337 e.